The van der Waals surface area contributed by atoms with Crippen molar-refractivity contribution < 1.29 is 9.47 Å². The zero-order chi connectivity index (χ0) is 18.4. The second-order valence-corrected chi connectivity index (χ2v) is 9.81. The SMILES string of the molecule is COc1cc(OCc2ccccc2)c(C23CC4CC(CC(C4)C2)C3)cc1Br. The predicted molar refractivity (Wildman–Crippen MR) is 111 cm³/mol. The van der Waals surface area contributed by atoms with Crippen LogP contribution in [0, 0.1) is 17.8 Å². The van der Waals surface area contributed by atoms with E-state index in [2.05, 4.69) is 52.3 Å². The molecule has 4 fully saturated rings. The van der Waals surface area contributed by atoms with Crippen LogP contribution in [-0.4, -0.2) is 7.11 Å². The molecule has 4 aliphatic carbocycles. The molecule has 0 aromatic heterocycles. The van der Waals surface area contributed by atoms with Gasteiger partial charge in [-0.05, 0) is 89.3 Å². The van der Waals surface area contributed by atoms with E-state index in [9.17, 15) is 0 Å². The van der Waals surface area contributed by atoms with Crippen molar-refractivity contribution in [3.63, 3.8) is 0 Å². The Balaban J connectivity index is 1.52. The summed E-state index contributed by atoms with van der Waals surface area (Å²) in [5.41, 5.74) is 2.91. The zero-order valence-electron chi connectivity index (χ0n) is 15.9. The molecule has 0 atom stereocenters. The Bertz CT molecular complexity index is 794. The van der Waals surface area contributed by atoms with Crippen molar-refractivity contribution in [3.8, 4) is 11.5 Å². The molecule has 0 spiro atoms. The van der Waals surface area contributed by atoms with Gasteiger partial charge in [-0.15, -0.1) is 0 Å². The largest absolute Gasteiger partial charge is 0.495 e. The zero-order valence-corrected chi connectivity index (χ0v) is 17.5. The Kier molecular flexibility index (Phi) is 4.46. The molecule has 0 radical (unpaired) electrons. The van der Waals surface area contributed by atoms with Crippen LogP contribution in [0.2, 0.25) is 0 Å². The number of halogens is 1. The van der Waals surface area contributed by atoms with E-state index in [0.717, 1.165) is 33.7 Å². The van der Waals surface area contributed by atoms with E-state index in [1.54, 1.807) is 7.11 Å². The van der Waals surface area contributed by atoms with Gasteiger partial charge in [0.15, 0.2) is 0 Å². The Morgan fingerprint density at radius 2 is 1.56 bits per heavy atom. The van der Waals surface area contributed by atoms with Crippen LogP contribution < -0.4 is 9.47 Å². The van der Waals surface area contributed by atoms with E-state index in [1.165, 1.54) is 49.7 Å². The van der Waals surface area contributed by atoms with Crippen molar-refractivity contribution in [2.45, 2.75) is 50.5 Å². The molecular formula is C24H27BrO2. The van der Waals surface area contributed by atoms with Crippen LogP contribution in [0.15, 0.2) is 46.9 Å². The van der Waals surface area contributed by atoms with Crippen molar-refractivity contribution in [2.75, 3.05) is 7.11 Å². The Labute approximate surface area is 170 Å². The molecule has 0 aliphatic heterocycles. The summed E-state index contributed by atoms with van der Waals surface area (Å²) < 4.78 is 13.0. The molecule has 4 bridgehead atoms. The number of hydrogen-bond donors (Lipinski definition) is 0. The minimum Gasteiger partial charge on any atom is -0.495 e. The van der Waals surface area contributed by atoms with Crippen LogP contribution in [-0.2, 0) is 12.0 Å². The molecule has 0 saturated heterocycles. The summed E-state index contributed by atoms with van der Waals surface area (Å²) in [5, 5.41) is 0. The van der Waals surface area contributed by atoms with Gasteiger partial charge in [0.05, 0.1) is 11.6 Å². The molecule has 0 heterocycles. The summed E-state index contributed by atoms with van der Waals surface area (Å²) in [7, 11) is 1.73. The van der Waals surface area contributed by atoms with Crippen molar-refractivity contribution >= 4 is 15.9 Å². The van der Waals surface area contributed by atoms with Gasteiger partial charge in [-0.3, -0.25) is 0 Å². The maximum atomic E-state index is 6.41. The molecular weight excluding hydrogens is 400 g/mol. The van der Waals surface area contributed by atoms with Crippen molar-refractivity contribution in [1.82, 2.24) is 0 Å². The van der Waals surface area contributed by atoms with Gasteiger partial charge in [0.25, 0.3) is 0 Å². The van der Waals surface area contributed by atoms with E-state index >= 15 is 0 Å². The standard InChI is InChI=1S/C24H27BrO2/c1-26-23-11-22(27-15-16-5-3-2-4-6-16)20(10-21(23)25)24-12-17-7-18(13-24)9-19(8-17)14-24/h2-6,10-11,17-19H,7-9,12-15H2,1H3. The topological polar surface area (TPSA) is 18.5 Å². The van der Waals surface area contributed by atoms with Crippen LogP contribution in [0.3, 0.4) is 0 Å². The molecule has 3 heteroatoms. The first-order valence-electron chi connectivity index (χ1n) is 10.2. The highest BCUT2D eigenvalue weighted by Gasteiger charge is 2.52. The maximum Gasteiger partial charge on any atom is 0.136 e. The minimum absolute atomic E-state index is 0.301. The summed E-state index contributed by atoms with van der Waals surface area (Å²) in [6.07, 6.45) is 8.36. The number of hydrogen-bond acceptors (Lipinski definition) is 2. The van der Waals surface area contributed by atoms with Crippen LogP contribution in [0.25, 0.3) is 0 Å². The number of benzene rings is 2. The monoisotopic (exact) mass is 426 g/mol. The summed E-state index contributed by atoms with van der Waals surface area (Å²) in [6.45, 7) is 0.602. The predicted octanol–water partition coefficient (Wildman–Crippen LogP) is 6.50. The molecule has 0 amide bonds. The smallest absolute Gasteiger partial charge is 0.136 e. The summed E-state index contributed by atoms with van der Waals surface area (Å²) in [6, 6.07) is 14.8. The third-order valence-electron chi connectivity index (χ3n) is 7.10. The molecule has 6 rings (SSSR count). The van der Waals surface area contributed by atoms with Crippen LogP contribution in [0.5, 0.6) is 11.5 Å². The van der Waals surface area contributed by atoms with E-state index in [-0.39, 0.29) is 0 Å². The highest BCUT2D eigenvalue weighted by molar-refractivity contribution is 9.10. The first-order chi connectivity index (χ1) is 13.1. The molecule has 27 heavy (non-hydrogen) atoms. The Hall–Kier alpha value is -1.48. The van der Waals surface area contributed by atoms with E-state index in [1.807, 2.05) is 6.07 Å². The van der Waals surface area contributed by atoms with Crippen molar-refractivity contribution in [3.05, 3.63) is 58.1 Å². The molecule has 4 saturated carbocycles. The van der Waals surface area contributed by atoms with Crippen molar-refractivity contribution in [1.29, 1.82) is 0 Å². The minimum atomic E-state index is 0.301. The van der Waals surface area contributed by atoms with Crippen LogP contribution in [0.1, 0.15) is 49.7 Å². The molecule has 0 unspecified atom stereocenters. The lowest BCUT2D eigenvalue weighted by molar-refractivity contribution is -0.00652. The Morgan fingerprint density at radius 1 is 0.926 bits per heavy atom. The highest BCUT2D eigenvalue weighted by atomic mass is 79.9. The molecule has 2 aromatic carbocycles. The van der Waals surface area contributed by atoms with E-state index in [4.69, 9.17) is 9.47 Å². The summed E-state index contributed by atoms with van der Waals surface area (Å²) >= 11 is 3.74. The van der Waals surface area contributed by atoms with Crippen LogP contribution >= 0.6 is 15.9 Å². The fourth-order valence-corrected chi connectivity index (χ4v) is 6.91. The molecule has 2 nitrogen and oxygen atoms in total. The first-order valence-corrected chi connectivity index (χ1v) is 11.0. The van der Waals surface area contributed by atoms with Crippen LogP contribution in [0.4, 0.5) is 0 Å². The lowest BCUT2D eigenvalue weighted by Gasteiger charge is -2.57. The van der Waals surface area contributed by atoms with Gasteiger partial charge in [0.1, 0.15) is 18.1 Å². The molecule has 0 N–H and O–H groups in total. The van der Waals surface area contributed by atoms with Gasteiger partial charge in [-0.25, -0.2) is 0 Å². The van der Waals surface area contributed by atoms with Gasteiger partial charge < -0.3 is 9.47 Å². The number of ether oxygens (including phenoxy) is 2. The third kappa shape index (κ3) is 3.18. The van der Waals surface area contributed by atoms with E-state index < -0.39 is 0 Å². The summed E-state index contributed by atoms with van der Waals surface area (Å²) in [4.78, 5) is 0. The highest BCUT2D eigenvalue weighted by Crippen LogP contribution is 2.62. The lowest BCUT2D eigenvalue weighted by atomic mass is 9.48. The second kappa shape index (κ2) is 6.84. The first kappa shape index (κ1) is 17.6. The summed E-state index contributed by atoms with van der Waals surface area (Å²) in [5.74, 6) is 4.62. The van der Waals surface area contributed by atoms with Gasteiger partial charge in [0, 0.05) is 11.6 Å². The Morgan fingerprint density at radius 3 is 2.15 bits per heavy atom. The van der Waals surface area contributed by atoms with E-state index in [0.29, 0.717) is 12.0 Å². The van der Waals surface area contributed by atoms with Gasteiger partial charge in [0.2, 0.25) is 0 Å². The fraction of sp³-hybridized carbons (Fsp3) is 0.500. The lowest BCUT2D eigenvalue weighted by Crippen LogP contribution is -2.48. The average Bonchev–Trinajstić information content (AvgIpc) is 2.66. The third-order valence-corrected chi connectivity index (χ3v) is 7.72. The number of methoxy groups -OCH3 is 1. The van der Waals surface area contributed by atoms with Gasteiger partial charge >= 0.3 is 0 Å². The normalized spacial score (nSPS) is 31.1. The average molecular weight is 427 g/mol. The molecule has 2 aromatic rings. The van der Waals surface area contributed by atoms with Crippen molar-refractivity contribution in [2.24, 2.45) is 17.8 Å². The van der Waals surface area contributed by atoms with Gasteiger partial charge in [-0.2, -0.15) is 0 Å². The molecule has 142 valence electrons. The second-order valence-electron chi connectivity index (χ2n) is 8.96. The number of rotatable bonds is 5. The quantitative estimate of drug-likeness (QED) is 0.542. The van der Waals surface area contributed by atoms with Gasteiger partial charge in [-0.1, -0.05) is 30.3 Å². The maximum absolute atomic E-state index is 6.41. The fourth-order valence-electron chi connectivity index (χ4n) is 6.40. The molecule has 4 aliphatic rings.